The fourth-order valence-corrected chi connectivity index (χ4v) is 6.71. The van der Waals surface area contributed by atoms with Crippen LogP contribution in [0.5, 0.6) is 11.5 Å². The highest BCUT2D eigenvalue weighted by Crippen LogP contribution is 2.33. The molecule has 0 unspecified atom stereocenters. The van der Waals surface area contributed by atoms with E-state index in [9.17, 15) is 13.2 Å². The Hall–Kier alpha value is -2.56. The van der Waals surface area contributed by atoms with Gasteiger partial charge in [-0.25, -0.2) is 13.4 Å². The van der Waals surface area contributed by atoms with Gasteiger partial charge < -0.3 is 14.0 Å². The Morgan fingerprint density at radius 2 is 1.85 bits per heavy atom. The minimum absolute atomic E-state index is 0.0404. The zero-order chi connectivity index (χ0) is 23.0. The normalized spacial score (nSPS) is 16.4. The fraction of sp³-hybridized carbons (Fsp3) is 0.391. The molecular formula is C23H25N3O5S2. The summed E-state index contributed by atoms with van der Waals surface area (Å²) in [5.41, 5.74) is 2.03. The van der Waals surface area contributed by atoms with Crippen LogP contribution in [0.25, 0.3) is 11.0 Å². The zero-order valence-corrected chi connectivity index (χ0v) is 20.0. The molecule has 1 fully saturated rings. The number of piperidine rings is 1. The van der Waals surface area contributed by atoms with E-state index in [1.54, 1.807) is 34.6 Å². The Morgan fingerprint density at radius 1 is 1.06 bits per heavy atom. The molecule has 0 spiro atoms. The molecule has 0 aliphatic carbocycles. The molecule has 5 rings (SSSR count). The number of nitrogens with zero attached hydrogens (tertiary/aromatic N) is 3. The first-order chi connectivity index (χ1) is 16.0. The van der Waals surface area contributed by atoms with Crippen molar-refractivity contribution < 1.29 is 22.7 Å². The van der Waals surface area contributed by atoms with Crippen LogP contribution >= 0.6 is 11.8 Å². The van der Waals surface area contributed by atoms with Gasteiger partial charge in [0.1, 0.15) is 0 Å². The number of hydrogen-bond acceptors (Lipinski definition) is 7. The van der Waals surface area contributed by atoms with Gasteiger partial charge in [-0.05, 0) is 56.2 Å². The van der Waals surface area contributed by atoms with Crippen molar-refractivity contribution in [3.63, 3.8) is 0 Å². The molecule has 0 saturated carbocycles. The largest absolute Gasteiger partial charge is 0.454 e. The van der Waals surface area contributed by atoms with Crippen molar-refractivity contribution in [1.82, 2.24) is 13.9 Å². The van der Waals surface area contributed by atoms with Crippen LogP contribution in [-0.4, -0.2) is 53.7 Å². The third-order valence-corrected chi connectivity index (χ3v) is 8.85. The summed E-state index contributed by atoms with van der Waals surface area (Å²) in [4.78, 5) is 17.7. The monoisotopic (exact) mass is 487 g/mol. The molecule has 0 amide bonds. The highest BCUT2D eigenvalue weighted by atomic mass is 32.2. The molecule has 2 aromatic carbocycles. The smallest absolute Gasteiger partial charge is 0.243 e. The molecule has 1 saturated heterocycles. The Morgan fingerprint density at radius 3 is 2.64 bits per heavy atom. The summed E-state index contributed by atoms with van der Waals surface area (Å²) in [5.74, 6) is 1.39. The van der Waals surface area contributed by atoms with Crippen molar-refractivity contribution in [2.45, 2.75) is 42.8 Å². The molecule has 33 heavy (non-hydrogen) atoms. The summed E-state index contributed by atoms with van der Waals surface area (Å²) in [6, 6.07) is 10.3. The molecule has 1 aromatic heterocycles. The lowest BCUT2D eigenvalue weighted by atomic mass is 10.1. The van der Waals surface area contributed by atoms with E-state index in [2.05, 4.69) is 4.98 Å². The second kappa shape index (κ2) is 9.00. The van der Waals surface area contributed by atoms with Crippen LogP contribution in [-0.2, 0) is 16.6 Å². The van der Waals surface area contributed by atoms with Gasteiger partial charge in [-0.3, -0.25) is 4.79 Å². The summed E-state index contributed by atoms with van der Waals surface area (Å²) in [6.45, 7) is 3.95. The minimum atomic E-state index is -3.53. The number of carbonyl (C=O) groups is 1. The maximum absolute atomic E-state index is 13.1. The molecule has 0 N–H and O–H groups in total. The number of aryl methyl sites for hydroxylation is 1. The molecule has 3 heterocycles. The molecule has 2 aliphatic heterocycles. The molecule has 0 atom stereocenters. The first-order valence-corrected chi connectivity index (χ1v) is 13.5. The third-order valence-electron chi connectivity index (χ3n) is 5.98. The maximum atomic E-state index is 13.1. The van der Waals surface area contributed by atoms with Gasteiger partial charge in [-0.15, -0.1) is 0 Å². The van der Waals surface area contributed by atoms with Crippen molar-refractivity contribution in [1.29, 1.82) is 0 Å². The predicted molar refractivity (Wildman–Crippen MR) is 126 cm³/mol. The Bertz CT molecular complexity index is 1310. The van der Waals surface area contributed by atoms with Crippen molar-refractivity contribution in [2.24, 2.45) is 0 Å². The summed E-state index contributed by atoms with van der Waals surface area (Å²) in [6.07, 6.45) is 2.85. The number of ether oxygens (including phenoxy) is 2. The molecule has 174 valence electrons. The first kappa shape index (κ1) is 22.2. The number of hydrogen-bond donors (Lipinski definition) is 0. The number of rotatable bonds is 7. The molecule has 0 radical (unpaired) electrons. The van der Waals surface area contributed by atoms with Gasteiger partial charge in [-0.1, -0.05) is 18.2 Å². The topological polar surface area (TPSA) is 90.7 Å². The maximum Gasteiger partial charge on any atom is 0.243 e. The van der Waals surface area contributed by atoms with E-state index < -0.39 is 10.0 Å². The Balaban J connectivity index is 1.37. The Labute approximate surface area is 196 Å². The van der Waals surface area contributed by atoms with Gasteiger partial charge in [0, 0.05) is 25.2 Å². The van der Waals surface area contributed by atoms with E-state index in [4.69, 9.17) is 9.47 Å². The minimum Gasteiger partial charge on any atom is -0.454 e. The summed E-state index contributed by atoms with van der Waals surface area (Å²) >= 11 is 1.35. The average Bonchev–Trinajstić information content (AvgIpc) is 3.45. The summed E-state index contributed by atoms with van der Waals surface area (Å²) in [5, 5.41) is 0.689. The number of benzene rings is 2. The lowest BCUT2D eigenvalue weighted by Crippen LogP contribution is -2.35. The van der Waals surface area contributed by atoms with E-state index in [1.165, 1.54) is 11.8 Å². The van der Waals surface area contributed by atoms with Crippen LogP contribution in [0.2, 0.25) is 0 Å². The molecule has 2 aliphatic rings. The van der Waals surface area contributed by atoms with Crippen LogP contribution in [0.1, 0.15) is 36.5 Å². The van der Waals surface area contributed by atoms with Crippen LogP contribution in [0.3, 0.4) is 0 Å². The van der Waals surface area contributed by atoms with Gasteiger partial charge in [0.2, 0.25) is 16.8 Å². The van der Waals surface area contributed by atoms with Crippen molar-refractivity contribution >= 4 is 38.6 Å². The Kier molecular flexibility index (Phi) is 6.07. The molecule has 0 bridgehead atoms. The van der Waals surface area contributed by atoms with Crippen LogP contribution in [0.4, 0.5) is 0 Å². The van der Waals surface area contributed by atoms with Crippen LogP contribution in [0.15, 0.2) is 46.5 Å². The van der Waals surface area contributed by atoms with E-state index in [0.717, 1.165) is 24.8 Å². The first-order valence-electron chi connectivity index (χ1n) is 11.0. The highest BCUT2D eigenvalue weighted by Gasteiger charge is 2.27. The summed E-state index contributed by atoms with van der Waals surface area (Å²) < 4.78 is 40.4. The van der Waals surface area contributed by atoms with E-state index in [1.807, 2.05) is 17.6 Å². The van der Waals surface area contributed by atoms with E-state index >= 15 is 0 Å². The van der Waals surface area contributed by atoms with E-state index in [0.29, 0.717) is 47.4 Å². The molecule has 8 nitrogen and oxygen atoms in total. The molecule has 3 aromatic rings. The quantitative estimate of drug-likeness (QED) is 0.368. The van der Waals surface area contributed by atoms with E-state index in [-0.39, 0.29) is 23.2 Å². The third kappa shape index (κ3) is 4.22. The second-order valence-electron chi connectivity index (χ2n) is 8.03. The number of thioether (sulfide) groups is 1. The SMILES string of the molecule is CCn1c(SCC(=O)c2ccc3c(c2)OCO3)nc2cc(S(=O)(=O)N3CCCCC3)ccc21. The van der Waals surface area contributed by atoms with Gasteiger partial charge in [-0.2, -0.15) is 4.31 Å². The van der Waals surface area contributed by atoms with Crippen molar-refractivity contribution in [2.75, 3.05) is 25.6 Å². The van der Waals surface area contributed by atoms with Crippen LogP contribution in [0, 0.1) is 0 Å². The van der Waals surface area contributed by atoms with Crippen LogP contribution < -0.4 is 9.47 Å². The number of ketones is 1. The summed E-state index contributed by atoms with van der Waals surface area (Å²) in [7, 11) is -3.53. The van der Waals surface area contributed by atoms with Gasteiger partial charge >= 0.3 is 0 Å². The van der Waals surface area contributed by atoms with Gasteiger partial charge in [0.05, 0.1) is 21.7 Å². The average molecular weight is 488 g/mol. The zero-order valence-electron chi connectivity index (χ0n) is 18.3. The fourth-order valence-electron chi connectivity index (χ4n) is 4.20. The van der Waals surface area contributed by atoms with Gasteiger partial charge in [0.15, 0.2) is 22.4 Å². The van der Waals surface area contributed by atoms with Gasteiger partial charge in [0.25, 0.3) is 0 Å². The lowest BCUT2D eigenvalue weighted by Gasteiger charge is -2.25. The standard InChI is InChI=1S/C23H25N3O5S2/c1-2-26-19-8-7-17(33(28,29)25-10-4-3-5-11-25)13-18(19)24-23(26)32-14-20(27)16-6-9-21-22(12-16)31-15-30-21/h6-9,12-13H,2-5,10-11,14-15H2,1H3. The van der Waals surface area contributed by atoms with Crippen molar-refractivity contribution in [3.05, 3.63) is 42.0 Å². The molecule has 10 heteroatoms. The number of aromatic nitrogens is 2. The van der Waals surface area contributed by atoms with Crippen molar-refractivity contribution in [3.8, 4) is 11.5 Å². The number of fused-ring (bicyclic) bond motifs is 2. The molecular weight excluding hydrogens is 462 g/mol. The second-order valence-corrected chi connectivity index (χ2v) is 10.9. The lowest BCUT2D eigenvalue weighted by molar-refractivity contribution is 0.102. The number of imidazole rings is 1. The highest BCUT2D eigenvalue weighted by molar-refractivity contribution is 7.99. The number of Topliss-reactive ketones (excluding diaryl/α,β-unsaturated/α-hetero) is 1. The number of sulfonamides is 1. The predicted octanol–water partition coefficient (Wildman–Crippen LogP) is 3.93. The number of carbonyl (C=O) groups excluding carboxylic acids is 1.